The number of hydrogen-bond acceptors (Lipinski definition) is 5. The first-order valence-electron chi connectivity index (χ1n) is 12.1. The summed E-state index contributed by atoms with van der Waals surface area (Å²) >= 11 is 0. The van der Waals surface area contributed by atoms with Crippen molar-refractivity contribution in [3.05, 3.63) is 97.6 Å². The number of rotatable bonds is 4. The summed E-state index contributed by atoms with van der Waals surface area (Å²) in [5, 5.41) is 0. The quantitative estimate of drug-likeness (QED) is 0.253. The Kier molecular flexibility index (Phi) is 7.48. The van der Waals surface area contributed by atoms with Gasteiger partial charge in [-0.2, -0.15) is 0 Å². The third-order valence-corrected chi connectivity index (χ3v) is 6.37. The molecule has 0 spiro atoms. The lowest BCUT2D eigenvalue weighted by Gasteiger charge is -2.32. The van der Waals surface area contributed by atoms with Gasteiger partial charge in [-0.25, -0.2) is 15.0 Å². The van der Waals surface area contributed by atoms with Crippen LogP contribution in [0, 0.1) is 0 Å². The van der Waals surface area contributed by atoms with E-state index in [-0.39, 0.29) is 0 Å². The van der Waals surface area contributed by atoms with Crippen LogP contribution < -0.4 is 5.46 Å². The van der Waals surface area contributed by atoms with Gasteiger partial charge >= 0.3 is 7.12 Å². The molecule has 0 N–H and O–H groups in total. The summed E-state index contributed by atoms with van der Waals surface area (Å²) in [6, 6.07) is 28.0. The van der Waals surface area contributed by atoms with Crippen LogP contribution in [0.3, 0.4) is 0 Å². The first-order valence-corrected chi connectivity index (χ1v) is 12.1. The van der Waals surface area contributed by atoms with E-state index in [1.165, 1.54) is 0 Å². The zero-order valence-electron chi connectivity index (χ0n) is 21.6. The maximum absolute atomic E-state index is 6.25. The van der Waals surface area contributed by atoms with E-state index in [0.717, 1.165) is 22.2 Å². The molecule has 0 amide bonds. The molecule has 3 aromatic carbocycles. The lowest BCUT2D eigenvalue weighted by Crippen LogP contribution is -2.41. The summed E-state index contributed by atoms with van der Waals surface area (Å²) in [5.74, 6) is 1.89. The second-order valence-corrected chi connectivity index (χ2v) is 9.66. The minimum absolute atomic E-state index is 0.401. The van der Waals surface area contributed by atoms with Crippen LogP contribution in [0.15, 0.2) is 97.6 Å². The molecular weight excluding hydrogens is 445 g/mol. The second-order valence-electron chi connectivity index (χ2n) is 9.66. The first kappa shape index (κ1) is 25.5. The molecule has 36 heavy (non-hydrogen) atoms. The predicted molar refractivity (Wildman–Crippen MR) is 148 cm³/mol. The van der Waals surface area contributed by atoms with Crippen molar-refractivity contribution in [3.8, 4) is 34.2 Å². The highest BCUT2D eigenvalue weighted by atomic mass is 16.7. The van der Waals surface area contributed by atoms with Crippen molar-refractivity contribution in [3.63, 3.8) is 0 Å². The maximum atomic E-state index is 6.25. The average Bonchev–Trinajstić information content (AvgIpc) is 3.12. The molecule has 0 atom stereocenters. The van der Waals surface area contributed by atoms with Crippen molar-refractivity contribution in [1.82, 2.24) is 15.0 Å². The molecule has 0 saturated carbocycles. The number of aromatic nitrogens is 3. The molecule has 5 nitrogen and oxygen atoms in total. The van der Waals surface area contributed by atoms with Crippen LogP contribution in [0.5, 0.6) is 0 Å². The number of nitrogens with zero attached hydrogens (tertiary/aromatic N) is 3. The van der Waals surface area contributed by atoms with E-state index in [0.29, 0.717) is 17.5 Å². The molecule has 1 aliphatic rings. The van der Waals surface area contributed by atoms with Gasteiger partial charge in [0.15, 0.2) is 17.5 Å². The van der Waals surface area contributed by atoms with Crippen LogP contribution in [0.2, 0.25) is 0 Å². The fraction of sp³-hybridized carbons (Fsp3) is 0.233. The molecule has 0 bridgehead atoms. The molecule has 182 valence electrons. The predicted octanol–water partition coefficient (Wildman–Crippen LogP) is 6.36. The Balaban J connectivity index is 0.000000967. The van der Waals surface area contributed by atoms with Crippen molar-refractivity contribution >= 4 is 12.6 Å². The van der Waals surface area contributed by atoms with E-state index >= 15 is 0 Å². The summed E-state index contributed by atoms with van der Waals surface area (Å²) < 4.78 is 12.5. The van der Waals surface area contributed by atoms with Gasteiger partial charge in [0.25, 0.3) is 0 Å². The van der Waals surface area contributed by atoms with Gasteiger partial charge in [-0.05, 0) is 40.1 Å². The standard InChI is InChI=1S/C27H26BN3O2.C3H6/c1-26(2)27(3,4)33-28(32-26)22-17-11-16-21(18-22)25-30-23(19-12-7-5-8-13-19)29-24(31-25)20-14-9-6-10-15-20;1-3-2/h5-18H,1-4H3;3H,1H2,2H3. The van der Waals surface area contributed by atoms with E-state index < -0.39 is 18.3 Å². The monoisotopic (exact) mass is 477 g/mol. The van der Waals surface area contributed by atoms with Crippen molar-refractivity contribution in [2.45, 2.75) is 45.8 Å². The number of allylic oxidation sites excluding steroid dienone is 1. The van der Waals surface area contributed by atoms with Gasteiger partial charge in [-0.1, -0.05) is 91.0 Å². The molecule has 1 aliphatic heterocycles. The summed E-state index contributed by atoms with van der Waals surface area (Å²) in [5.41, 5.74) is 2.91. The third kappa shape index (κ3) is 5.45. The van der Waals surface area contributed by atoms with Gasteiger partial charge in [-0.3, -0.25) is 0 Å². The van der Waals surface area contributed by atoms with E-state index in [1.54, 1.807) is 6.08 Å². The number of hydrogen-bond donors (Lipinski definition) is 0. The van der Waals surface area contributed by atoms with Crippen molar-refractivity contribution in [2.24, 2.45) is 0 Å². The molecule has 6 heteroatoms. The Bertz CT molecular complexity index is 1250. The van der Waals surface area contributed by atoms with E-state index in [1.807, 2.05) is 91.9 Å². The average molecular weight is 477 g/mol. The highest BCUT2D eigenvalue weighted by Gasteiger charge is 2.51. The Morgan fingerprint density at radius 1 is 0.639 bits per heavy atom. The molecule has 2 heterocycles. The smallest absolute Gasteiger partial charge is 0.399 e. The Labute approximate surface area is 214 Å². The van der Waals surface area contributed by atoms with Crippen molar-refractivity contribution in [1.29, 1.82) is 0 Å². The third-order valence-electron chi connectivity index (χ3n) is 6.37. The van der Waals surface area contributed by atoms with Crippen LogP contribution >= 0.6 is 0 Å². The zero-order valence-corrected chi connectivity index (χ0v) is 21.6. The van der Waals surface area contributed by atoms with E-state index in [2.05, 4.69) is 34.3 Å². The maximum Gasteiger partial charge on any atom is 0.494 e. The normalized spacial score (nSPS) is 15.6. The van der Waals surface area contributed by atoms with Crippen molar-refractivity contribution in [2.75, 3.05) is 0 Å². The molecule has 4 aromatic rings. The fourth-order valence-electron chi connectivity index (χ4n) is 3.74. The molecule has 1 saturated heterocycles. The van der Waals surface area contributed by atoms with E-state index in [4.69, 9.17) is 24.3 Å². The molecular formula is C30H32BN3O2. The van der Waals surface area contributed by atoms with Crippen LogP contribution in [-0.2, 0) is 9.31 Å². The minimum Gasteiger partial charge on any atom is -0.399 e. The van der Waals surface area contributed by atoms with Gasteiger partial charge in [0, 0.05) is 16.7 Å². The SMILES string of the molecule is C=CC.CC1(C)OB(c2cccc(-c3nc(-c4ccccc4)nc(-c4ccccc4)n3)c2)OC1(C)C. The summed E-state index contributed by atoms with van der Waals surface area (Å²) in [6.07, 6.45) is 1.75. The van der Waals surface area contributed by atoms with Gasteiger partial charge in [-0.15, -0.1) is 6.58 Å². The van der Waals surface area contributed by atoms with Gasteiger partial charge < -0.3 is 9.31 Å². The van der Waals surface area contributed by atoms with Crippen LogP contribution in [0.4, 0.5) is 0 Å². The molecule has 0 unspecified atom stereocenters. The molecule has 0 aliphatic carbocycles. The Hall–Kier alpha value is -3.61. The summed E-state index contributed by atoms with van der Waals surface area (Å²) in [6.45, 7) is 13.5. The summed E-state index contributed by atoms with van der Waals surface area (Å²) in [4.78, 5) is 14.4. The van der Waals surface area contributed by atoms with E-state index in [9.17, 15) is 0 Å². The molecule has 1 fully saturated rings. The summed E-state index contributed by atoms with van der Waals surface area (Å²) in [7, 11) is -0.445. The second kappa shape index (κ2) is 10.6. The molecule has 1 aromatic heterocycles. The first-order chi connectivity index (χ1) is 17.2. The molecule has 0 radical (unpaired) electrons. The highest BCUT2D eigenvalue weighted by molar-refractivity contribution is 6.62. The lowest BCUT2D eigenvalue weighted by atomic mass is 9.78. The van der Waals surface area contributed by atoms with Crippen LogP contribution in [-0.4, -0.2) is 33.3 Å². The van der Waals surface area contributed by atoms with Gasteiger partial charge in [0.1, 0.15) is 0 Å². The lowest BCUT2D eigenvalue weighted by molar-refractivity contribution is 0.00578. The Morgan fingerprint density at radius 2 is 1.03 bits per heavy atom. The van der Waals surface area contributed by atoms with Crippen LogP contribution in [0.1, 0.15) is 34.6 Å². The van der Waals surface area contributed by atoms with Crippen LogP contribution in [0.25, 0.3) is 34.2 Å². The minimum atomic E-state index is -0.445. The largest absolute Gasteiger partial charge is 0.494 e. The fourth-order valence-corrected chi connectivity index (χ4v) is 3.74. The Morgan fingerprint density at radius 3 is 1.47 bits per heavy atom. The number of benzene rings is 3. The van der Waals surface area contributed by atoms with Gasteiger partial charge in [0.2, 0.25) is 0 Å². The molecule has 5 rings (SSSR count). The highest BCUT2D eigenvalue weighted by Crippen LogP contribution is 2.36. The zero-order chi connectivity index (χ0) is 25.8. The van der Waals surface area contributed by atoms with Crippen molar-refractivity contribution < 1.29 is 9.31 Å². The topological polar surface area (TPSA) is 57.1 Å². The van der Waals surface area contributed by atoms with Gasteiger partial charge in [0.05, 0.1) is 11.2 Å².